The Hall–Kier alpha value is -3.77. The molecule has 180 valence electrons. The van der Waals surface area contributed by atoms with E-state index in [1.165, 1.54) is 17.7 Å². The van der Waals surface area contributed by atoms with Gasteiger partial charge in [-0.1, -0.05) is 50.3 Å². The van der Waals surface area contributed by atoms with E-state index in [1.54, 1.807) is 13.0 Å². The molecule has 3 N–H and O–H groups in total. The molecule has 0 fully saturated rings. The first-order valence-corrected chi connectivity index (χ1v) is 11.7. The zero-order valence-corrected chi connectivity index (χ0v) is 20.2. The second-order valence-electron chi connectivity index (χ2n) is 9.24. The molecular formula is C29H29FN2O3. The molecular weight excluding hydrogens is 443 g/mol. The van der Waals surface area contributed by atoms with Crippen LogP contribution in [0, 0.1) is 5.82 Å². The number of carbonyl (C=O) groups excluding carboxylic acids is 2. The minimum absolute atomic E-state index is 0.0723. The summed E-state index contributed by atoms with van der Waals surface area (Å²) in [4.78, 5) is 24.9. The summed E-state index contributed by atoms with van der Waals surface area (Å²) in [5.74, 6) is -1.85. The molecule has 1 aliphatic rings. The van der Waals surface area contributed by atoms with E-state index in [9.17, 15) is 14.0 Å². The van der Waals surface area contributed by atoms with Crippen LogP contribution >= 0.6 is 0 Å². The largest absolute Gasteiger partial charge is 0.462 e. The number of hydrogen-bond acceptors (Lipinski definition) is 4. The van der Waals surface area contributed by atoms with E-state index in [2.05, 4.69) is 37.4 Å². The molecule has 3 aromatic rings. The first-order valence-electron chi connectivity index (χ1n) is 11.7. The molecule has 0 heterocycles. The number of nitrogens with one attached hydrogen (secondary N) is 1. The molecule has 0 spiro atoms. The van der Waals surface area contributed by atoms with E-state index in [-0.39, 0.29) is 29.2 Å². The Kier molecular flexibility index (Phi) is 6.85. The number of halogens is 1. The molecule has 1 aliphatic carbocycles. The third-order valence-corrected chi connectivity index (χ3v) is 6.34. The molecule has 6 heteroatoms. The SMILES string of the molecule is CCOC(=O)c1ccc(NC(=O)c2ccc3c(c2)C(c2ccc(CN)cc2)=CCC3(C)C)cc1F. The van der Waals surface area contributed by atoms with Gasteiger partial charge in [0.25, 0.3) is 5.91 Å². The molecule has 0 saturated heterocycles. The number of anilines is 1. The summed E-state index contributed by atoms with van der Waals surface area (Å²) >= 11 is 0. The maximum Gasteiger partial charge on any atom is 0.341 e. The van der Waals surface area contributed by atoms with Crippen LogP contribution in [0.2, 0.25) is 0 Å². The third kappa shape index (κ3) is 5.03. The van der Waals surface area contributed by atoms with Crippen molar-refractivity contribution in [3.63, 3.8) is 0 Å². The monoisotopic (exact) mass is 472 g/mol. The Morgan fingerprint density at radius 2 is 1.80 bits per heavy atom. The highest BCUT2D eigenvalue weighted by atomic mass is 19.1. The second kappa shape index (κ2) is 9.84. The number of rotatable bonds is 6. The molecule has 4 rings (SSSR count). The number of esters is 1. The number of benzene rings is 3. The van der Waals surface area contributed by atoms with Gasteiger partial charge in [0.05, 0.1) is 12.2 Å². The van der Waals surface area contributed by atoms with Crippen LogP contribution in [0.15, 0.2) is 66.7 Å². The maximum atomic E-state index is 14.4. The Bertz CT molecular complexity index is 1310. The average Bonchev–Trinajstić information content (AvgIpc) is 2.84. The molecule has 0 aromatic heterocycles. The van der Waals surface area contributed by atoms with Gasteiger partial charge in [0.2, 0.25) is 0 Å². The third-order valence-electron chi connectivity index (χ3n) is 6.34. The van der Waals surface area contributed by atoms with Crippen molar-refractivity contribution in [2.24, 2.45) is 5.73 Å². The molecule has 1 amide bonds. The van der Waals surface area contributed by atoms with Gasteiger partial charge in [0.15, 0.2) is 0 Å². The summed E-state index contributed by atoms with van der Waals surface area (Å²) in [7, 11) is 0. The summed E-state index contributed by atoms with van der Waals surface area (Å²) in [5.41, 5.74) is 11.6. The van der Waals surface area contributed by atoms with E-state index in [4.69, 9.17) is 10.5 Å². The van der Waals surface area contributed by atoms with Crippen LogP contribution in [0.3, 0.4) is 0 Å². The normalized spacial score (nSPS) is 14.0. The van der Waals surface area contributed by atoms with Gasteiger partial charge in [-0.25, -0.2) is 9.18 Å². The molecule has 3 aromatic carbocycles. The van der Waals surface area contributed by atoms with Crippen molar-refractivity contribution in [2.75, 3.05) is 11.9 Å². The molecule has 0 atom stereocenters. The summed E-state index contributed by atoms with van der Waals surface area (Å²) in [6.45, 7) is 6.66. The van der Waals surface area contributed by atoms with Gasteiger partial charge in [-0.05, 0) is 76.9 Å². The summed E-state index contributed by atoms with van der Waals surface area (Å²) in [5, 5.41) is 2.73. The number of nitrogens with two attached hydrogens (primary N) is 1. The number of amides is 1. The van der Waals surface area contributed by atoms with Gasteiger partial charge in [-0.2, -0.15) is 0 Å². The number of ether oxygens (including phenoxy) is 1. The number of carbonyl (C=O) groups is 2. The predicted molar refractivity (Wildman–Crippen MR) is 136 cm³/mol. The predicted octanol–water partition coefficient (Wildman–Crippen LogP) is 5.83. The summed E-state index contributed by atoms with van der Waals surface area (Å²) in [6, 6.07) is 17.7. The van der Waals surface area contributed by atoms with Gasteiger partial charge in [0, 0.05) is 17.8 Å². The van der Waals surface area contributed by atoms with Crippen molar-refractivity contribution in [2.45, 2.75) is 39.2 Å². The minimum atomic E-state index is -0.750. The molecule has 0 unspecified atom stereocenters. The van der Waals surface area contributed by atoms with Gasteiger partial charge in [-0.3, -0.25) is 4.79 Å². The van der Waals surface area contributed by atoms with Crippen LogP contribution < -0.4 is 11.1 Å². The molecule has 0 aliphatic heterocycles. The van der Waals surface area contributed by atoms with E-state index >= 15 is 0 Å². The molecule has 5 nitrogen and oxygen atoms in total. The van der Waals surface area contributed by atoms with Crippen LogP contribution in [0.1, 0.15) is 70.2 Å². The van der Waals surface area contributed by atoms with Crippen LogP contribution in [0.5, 0.6) is 0 Å². The summed E-state index contributed by atoms with van der Waals surface area (Å²) in [6.07, 6.45) is 3.09. The highest BCUT2D eigenvalue weighted by Gasteiger charge is 2.29. The van der Waals surface area contributed by atoms with Crippen LogP contribution in [-0.4, -0.2) is 18.5 Å². The fourth-order valence-electron chi connectivity index (χ4n) is 4.34. The van der Waals surface area contributed by atoms with Crippen molar-refractivity contribution < 1.29 is 18.7 Å². The Morgan fingerprint density at radius 3 is 2.46 bits per heavy atom. The fraction of sp³-hybridized carbons (Fsp3) is 0.241. The van der Waals surface area contributed by atoms with Crippen molar-refractivity contribution >= 4 is 23.1 Å². The minimum Gasteiger partial charge on any atom is -0.462 e. The fourth-order valence-corrected chi connectivity index (χ4v) is 4.34. The van der Waals surface area contributed by atoms with E-state index in [0.717, 1.165) is 34.8 Å². The van der Waals surface area contributed by atoms with Gasteiger partial charge >= 0.3 is 5.97 Å². The zero-order chi connectivity index (χ0) is 25.2. The van der Waals surface area contributed by atoms with Crippen molar-refractivity contribution in [3.8, 4) is 0 Å². The van der Waals surface area contributed by atoms with Crippen molar-refractivity contribution in [1.82, 2.24) is 0 Å². The zero-order valence-electron chi connectivity index (χ0n) is 20.2. The molecule has 0 radical (unpaired) electrons. The van der Waals surface area contributed by atoms with Gasteiger partial charge in [-0.15, -0.1) is 0 Å². The van der Waals surface area contributed by atoms with Crippen molar-refractivity contribution in [3.05, 3.63) is 106 Å². The molecule has 0 bridgehead atoms. The highest BCUT2D eigenvalue weighted by Crippen LogP contribution is 2.41. The van der Waals surface area contributed by atoms with Crippen molar-refractivity contribution in [1.29, 1.82) is 0 Å². The summed E-state index contributed by atoms with van der Waals surface area (Å²) < 4.78 is 19.3. The maximum absolute atomic E-state index is 14.4. The van der Waals surface area contributed by atoms with E-state index in [0.29, 0.717) is 12.1 Å². The number of hydrogen-bond donors (Lipinski definition) is 2. The highest BCUT2D eigenvalue weighted by molar-refractivity contribution is 6.05. The van der Waals surface area contributed by atoms with Gasteiger partial charge in [0.1, 0.15) is 5.82 Å². The molecule has 35 heavy (non-hydrogen) atoms. The first kappa shape index (κ1) is 24.4. The Morgan fingerprint density at radius 1 is 1.06 bits per heavy atom. The lowest BCUT2D eigenvalue weighted by molar-refractivity contribution is 0.0521. The lowest BCUT2D eigenvalue weighted by Crippen LogP contribution is -2.23. The number of fused-ring (bicyclic) bond motifs is 1. The lowest BCUT2D eigenvalue weighted by Gasteiger charge is -2.32. The Balaban J connectivity index is 1.63. The smallest absolute Gasteiger partial charge is 0.341 e. The molecule has 0 saturated carbocycles. The van der Waals surface area contributed by atoms with Gasteiger partial charge < -0.3 is 15.8 Å². The topological polar surface area (TPSA) is 81.4 Å². The van der Waals surface area contributed by atoms with E-state index < -0.39 is 11.8 Å². The lowest BCUT2D eigenvalue weighted by atomic mass is 9.72. The van der Waals surface area contributed by atoms with E-state index in [1.807, 2.05) is 24.3 Å². The van der Waals surface area contributed by atoms with Crippen LogP contribution in [0.4, 0.5) is 10.1 Å². The number of allylic oxidation sites excluding steroid dienone is 1. The first-order chi connectivity index (χ1) is 16.7. The van der Waals surface area contributed by atoms with Crippen LogP contribution in [0.25, 0.3) is 5.57 Å². The van der Waals surface area contributed by atoms with Crippen LogP contribution in [-0.2, 0) is 16.7 Å². The quantitative estimate of drug-likeness (QED) is 0.443. The average molecular weight is 473 g/mol. The Labute approximate surface area is 204 Å². The second-order valence-corrected chi connectivity index (χ2v) is 9.24. The standard InChI is InChI=1S/C29H29FN2O3/c1-4-35-28(34)23-11-10-21(16-26(23)30)32-27(33)20-9-12-25-24(15-20)22(13-14-29(25,2)3)19-7-5-18(17-31)6-8-19/h5-13,15-16H,4,14,17,31H2,1-3H3,(H,32,33).